The van der Waals surface area contributed by atoms with Gasteiger partial charge < -0.3 is 20.3 Å². The van der Waals surface area contributed by atoms with Crippen LogP contribution in [0.2, 0.25) is 0 Å². The number of hydrogen-bond acceptors (Lipinski definition) is 5. The zero-order chi connectivity index (χ0) is 43.7. The lowest BCUT2D eigenvalue weighted by Gasteiger charge is -2.22. The summed E-state index contributed by atoms with van der Waals surface area (Å²) in [5.74, 6) is -0.0961. The van der Waals surface area contributed by atoms with E-state index in [1.54, 1.807) is 0 Å². The molecule has 0 aromatic carbocycles. The predicted octanol–water partition coefficient (Wildman–Crippen LogP) is 15.5. The van der Waals surface area contributed by atoms with Gasteiger partial charge in [0.15, 0.2) is 0 Å². The summed E-state index contributed by atoms with van der Waals surface area (Å²) in [6, 6.07) is -0.558. The Morgan fingerprint density at radius 2 is 0.883 bits per heavy atom. The molecule has 2 atom stereocenters. The summed E-state index contributed by atoms with van der Waals surface area (Å²) in [6.45, 7) is 4.85. The fourth-order valence-electron chi connectivity index (χ4n) is 7.60. The number of ether oxygens (including phenoxy) is 1. The summed E-state index contributed by atoms with van der Waals surface area (Å²) >= 11 is 0. The van der Waals surface area contributed by atoms with Crippen molar-refractivity contribution in [1.29, 1.82) is 0 Å². The quantitative estimate of drug-likeness (QED) is 0.0245. The third-order valence-corrected chi connectivity index (χ3v) is 11.6. The van der Waals surface area contributed by atoms with Gasteiger partial charge in [0.1, 0.15) is 0 Å². The van der Waals surface area contributed by atoms with E-state index in [-0.39, 0.29) is 18.5 Å². The van der Waals surface area contributed by atoms with Gasteiger partial charge in [-0.25, -0.2) is 0 Å². The Kier molecular flexibility index (Phi) is 47.7. The lowest BCUT2D eigenvalue weighted by atomic mass is 10.0. The van der Waals surface area contributed by atoms with Crippen molar-refractivity contribution in [3.63, 3.8) is 0 Å². The van der Waals surface area contributed by atoms with Crippen LogP contribution in [0.5, 0.6) is 0 Å². The lowest BCUT2D eigenvalue weighted by molar-refractivity contribution is -0.143. The number of unbranched alkanes of at least 4 members (excludes halogenated alkanes) is 29. The number of nitrogens with one attached hydrogen (secondary N) is 1. The molecule has 350 valence electrons. The summed E-state index contributed by atoms with van der Waals surface area (Å²) in [5.41, 5.74) is 0. The van der Waals surface area contributed by atoms with Crippen LogP contribution in [-0.4, -0.2) is 47.4 Å². The minimum absolute atomic E-state index is 0.0360. The van der Waals surface area contributed by atoms with Gasteiger partial charge in [0.2, 0.25) is 5.91 Å². The smallest absolute Gasteiger partial charge is 0.305 e. The van der Waals surface area contributed by atoms with E-state index in [4.69, 9.17) is 4.74 Å². The van der Waals surface area contributed by atoms with Gasteiger partial charge in [-0.15, -0.1) is 0 Å². The van der Waals surface area contributed by atoms with E-state index < -0.39 is 12.1 Å². The Morgan fingerprint density at radius 3 is 1.38 bits per heavy atom. The number of esters is 1. The molecule has 6 heteroatoms. The van der Waals surface area contributed by atoms with Crippen LogP contribution in [0.3, 0.4) is 0 Å². The average molecular weight is 842 g/mol. The summed E-state index contributed by atoms with van der Waals surface area (Å²) in [4.78, 5) is 24.4. The second kappa shape index (κ2) is 49.5. The van der Waals surface area contributed by atoms with Crippen LogP contribution in [0.25, 0.3) is 0 Å². The molecule has 0 aliphatic rings. The van der Waals surface area contributed by atoms with Crippen molar-refractivity contribution in [1.82, 2.24) is 5.32 Å². The number of amides is 1. The van der Waals surface area contributed by atoms with Crippen molar-refractivity contribution in [2.45, 2.75) is 270 Å². The molecular formula is C54H99NO5. The molecule has 0 bridgehead atoms. The molecule has 0 rings (SSSR count). The second-order valence-electron chi connectivity index (χ2n) is 17.5. The summed E-state index contributed by atoms with van der Waals surface area (Å²) in [6.07, 6.45) is 60.8. The number of carbonyl (C=O) groups is 2. The minimum atomic E-state index is -0.679. The molecule has 2 unspecified atom stereocenters. The molecule has 60 heavy (non-hydrogen) atoms. The highest BCUT2D eigenvalue weighted by atomic mass is 16.5. The third-order valence-electron chi connectivity index (χ3n) is 11.6. The first-order valence-corrected chi connectivity index (χ1v) is 25.9. The Hall–Kier alpha value is -2.18. The molecule has 0 fully saturated rings. The van der Waals surface area contributed by atoms with Crippen molar-refractivity contribution in [3.05, 3.63) is 48.6 Å². The fourth-order valence-corrected chi connectivity index (χ4v) is 7.60. The monoisotopic (exact) mass is 842 g/mol. The normalized spacial score (nSPS) is 13.1. The van der Waals surface area contributed by atoms with Crippen molar-refractivity contribution in [2.75, 3.05) is 13.2 Å². The molecule has 6 nitrogen and oxygen atoms in total. The summed E-state index contributed by atoms with van der Waals surface area (Å²) < 4.78 is 5.44. The average Bonchev–Trinajstić information content (AvgIpc) is 3.25. The van der Waals surface area contributed by atoms with Crippen LogP contribution in [0.15, 0.2) is 48.6 Å². The molecule has 0 aromatic heterocycles. The van der Waals surface area contributed by atoms with E-state index >= 15 is 0 Å². The highest BCUT2D eigenvalue weighted by molar-refractivity contribution is 5.76. The maximum absolute atomic E-state index is 12.4. The third kappa shape index (κ3) is 45.3. The first-order chi connectivity index (χ1) is 29.5. The minimum Gasteiger partial charge on any atom is -0.466 e. The Bertz CT molecular complexity index is 1020. The predicted molar refractivity (Wildman–Crippen MR) is 259 cm³/mol. The molecule has 0 heterocycles. The Balaban J connectivity index is 3.54. The number of carbonyl (C=O) groups excluding carboxylic acids is 2. The van der Waals surface area contributed by atoms with Crippen LogP contribution in [0.1, 0.15) is 258 Å². The van der Waals surface area contributed by atoms with Gasteiger partial charge in [-0.05, 0) is 89.9 Å². The second-order valence-corrected chi connectivity index (χ2v) is 17.5. The van der Waals surface area contributed by atoms with Crippen LogP contribution in [0, 0.1) is 0 Å². The molecular weight excluding hydrogens is 743 g/mol. The van der Waals surface area contributed by atoms with Gasteiger partial charge in [0, 0.05) is 12.8 Å². The van der Waals surface area contributed by atoms with E-state index in [2.05, 4.69) is 67.8 Å². The molecule has 0 aliphatic heterocycles. The van der Waals surface area contributed by atoms with Crippen LogP contribution < -0.4 is 5.32 Å². The van der Waals surface area contributed by atoms with E-state index in [0.29, 0.717) is 25.9 Å². The van der Waals surface area contributed by atoms with Gasteiger partial charge in [-0.3, -0.25) is 9.59 Å². The molecule has 0 saturated carbocycles. The molecule has 0 aromatic rings. The zero-order valence-electron chi connectivity index (χ0n) is 39.7. The van der Waals surface area contributed by atoms with Crippen molar-refractivity contribution < 1.29 is 24.5 Å². The molecule has 0 aliphatic carbocycles. The highest BCUT2D eigenvalue weighted by Crippen LogP contribution is 2.15. The molecule has 3 N–H and O–H groups in total. The van der Waals surface area contributed by atoms with Crippen molar-refractivity contribution in [2.24, 2.45) is 0 Å². The lowest BCUT2D eigenvalue weighted by Crippen LogP contribution is -2.45. The molecule has 0 saturated heterocycles. The SMILES string of the molecule is CCCCCC/C=C\C/C=C\CCCCCCCC(=O)OCCCCC/C=C\C=C/CCCCCCCCC(=O)NC(CO)C(O)CCCCCCCCCCCCCC. The van der Waals surface area contributed by atoms with Crippen LogP contribution >= 0.6 is 0 Å². The molecule has 1 amide bonds. The summed E-state index contributed by atoms with van der Waals surface area (Å²) in [5, 5.41) is 23.1. The van der Waals surface area contributed by atoms with E-state index in [1.165, 1.54) is 135 Å². The topological polar surface area (TPSA) is 95.9 Å². The van der Waals surface area contributed by atoms with E-state index in [1.807, 2.05) is 0 Å². The maximum atomic E-state index is 12.4. The van der Waals surface area contributed by atoms with Gasteiger partial charge in [0.25, 0.3) is 0 Å². The van der Waals surface area contributed by atoms with Gasteiger partial charge >= 0.3 is 5.97 Å². The van der Waals surface area contributed by atoms with Crippen molar-refractivity contribution in [3.8, 4) is 0 Å². The first-order valence-electron chi connectivity index (χ1n) is 25.9. The van der Waals surface area contributed by atoms with Crippen LogP contribution in [-0.2, 0) is 14.3 Å². The number of rotatable bonds is 47. The first kappa shape index (κ1) is 57.8. The Labute approximate surface area is 372 Å². The molecule has 0 radical (unpaired) electrons. The van der Waals surface area contributed by atoms with Crippen LogP contribution in [0.4, 0.5) is 0 Å². The van der Waals surface area contributed by atoms with Gasteiger partial charge in [0.05, 0.1) is 25.4 Å². The Morgan fingerprint density at radius 1 is 0.483 bits per heavy atom. The summed E-state index contributed by atoms with van der Waals surface area (Å²) in [7, 11) is 0. The number of aliphatic hydroxyl groups is 2. The number of allylic oxidation sites excluding steroid dienone is 8. The highest BCUT2D eigenvalue weighted by Gasteiger charge is 2.20. The standard InChI is InChI=1S/C54H99NO5/c1-3-5-7-9-11-13-15-17-18-21-24-28-32-36-40-44-48-54(59)60-49-45-41-37-33-29-25-22-19-20-23-27-31-35-39-43-47-53(58)55-51(50-56)52(57)46-42-38-34-30-26-16-14-12-10-8-6-4-2/h13,15,18-19,21-22,25,29,51-52,56-57H,3-12,14,16-17,20,23-24,26-28,30-50H2,1-2H3,(H,55,58)/b15-13-,21-18-,22-19-,29-25-. The number of aliphatic hydroxyl groups excluding tert-OH is 2. The number of hydrogen-bond donors (Lipinski definition) is 3. The van der Waals surface area contributed by atoms with E-state index in [0.717, 1.165) is 89.9 Å². The van der Waals surface area contributed by atoms with Crippen molar-refractivity contribution >= 4 is 11.9 Å². The van der Waals surface area contributed by atoms with Gasteiger partial charge in [-0.1, -0.05) is 204 Å². The maximum Gasteiger partial charge on any atom is 0.305 e. The largest absolute Gasteiger partial charge is 0.466 e. The fraction of sp³-hybridized carbons (Fsp3) is 0.815. The van der Waals surface area contributed by atoms with Gasteiger partial charge in [-0.2, -0.15) is 0 Å². The van der Waals surface area contributed by atoms with E-state index in [9.17, 15) is 19.8 Å². The zero-order valence-corrected chi connectivity index (χ0v) is 39.7. The molecule has 0 spiro atoms.